The molecule has 2 atom stereocenters. The maximum Gasteiger partial charge on any atom is 0.0562 e. The molecule has 1 aromatic heterocycles. The highest BCUT2D eigenvalue weighted by Gasteiger charge is 2.30. The van der Waals surface area contributed by atoms with Gasteiger partial charge in [0.25, 0.3) is 0 Å². The Hall–Kier alpha value is -1.58. The van der Waals surface area contributed by atoms with Crippen molar-refractivity contribution in [2.75, 3.05) is 31.1 Å². The fraction of sp³-hybridized carbons (Fsp3) is 0.389. The van der Waals surface area contributed by atoms with Gasteiger partial charge < -0.3 is 4.90 Å². The molecule has 3 nitrogen and oxygen atoms in total. The molecule has 2 aromatic rings. The van der Waals surface area contributed by atoms with Crippen LogP contribution < -0.4 is 4.90 Å². The first-order chi connectivity index (χ1) is 10.8. The molecule has 0 spiro atoms. The zero-order valence-corrected chi connectivity index (χ0v) is 13.3. The van der Waals surface area contributed by atoms with Crippen LogP contribution in [0.4, 0.5) is 5.69 Å². The van der Waals surface area contributed by atoms with E-state index in [-0.39, 0.29) is 0 Å². The third-order valence-corrected chi connectivity index (χ3v) is 5.03. The lowest BCUT2D eigenvalue weighted by atomic mass is 10.00. The molecule has 22 heavy (non-hydrogen) atoms. The molecule has 0 radical (unpaired) electrons. The third-order valence-electron chi connectivity index (χ3n) is 4.79. The van der Waals surface area contributed by atoms with Crippen LogP contribution in [0.25, 0.3) is 11.1 Å². The van der Waals surface area contributed by atoms with Gasteiger partial charge in [0.05, 0.1) is 11.9 Å². The average Bonchev–Trinajstić information content (AvgIpc) is 2.55. The SMILES string of the molecule is Clc1cccc(-c2cncc(N3CCN4CCCC3C4)c2)c1. The molecule has 2 saturated heterocycles. The minimum absolute atomic E-state index is 0.638. The molecule has 4 heteroatoms. The summed E-state index contributed by atoms with van der Waals surface area (Å²) >= 11 is 6.12. The van der Waals surface area contributed by atoms with Crippen molar-refractivity contribution in [2.24, 2.45) is 0 Å². The van der Waals surface area contributed by atoms with Crippen LogP contribution in [0.1, 0.15) is 12.8 Å². The summed E-state index contributed by atoms with van der Waals surface area (Å²) in [6, 6.07) is 10.9. The number of pyridine rings is 1. The van der Waals surface area contributed by atoms with E-state index < -0.39 is 0 Å². The molecule has 0 amide bonds. The first kappa shape index (κ1) is 14.0. The van der Waals surface area contributed by atoms with Crippen molar-refractivity contribution in [3.63, 3.8) is 0 Å². The number of anilines is 1. The van der Waals surface area contributed by atoms with Gasteiger partial charge >= 0.3 is 0 Å². The molecule has 2 unspecified atom stereocenters. The summed E-state index contributed by atoms with van der Waals surface area (Å²) < 4.78 is 0. The lowest BCUT2D eigenvalue weighted by Crippen LogP contribution is -2.56. The van der Waals surface area contributed by atoms with Crippen molar-refractivity contribution >= 4 is 17.3 Å². The molecule has 0 saturated carbocycles. The number of aromatic nitrogens is 1. The number of piperidine rings is 1. The molecule has 0 N–H and O–H groups in total. The van der Waals surface area contributed by atoms with Crippen molar-refractivity contribution in [1.82, 2.24) is 9.88 Å². The van der Waals surface area contributed by atoms with Crippen LogP contribution >= 0.6 is 11.6 Å². The molecule has 3 heterocycles. The van der Waals surface area contributed by atoms with Gasteiger partial charge in [-0.15, -0.1) is 0 Å². The quantitative estimate of drug-likeness (QED) is 0.843. The Balaban J connectivity index is 1.64. The molecule has 2 bridgehead atoms. The van der Waals surface area contributed by atoms with Gasteiger partial charge in [-0.25, -0.2) is 0 Å². The second-order valence-electron chi connectivity index (χ2n) is 6.23. The highest BCUT2D eigenvalue weighted by Crippen LogP contribution is 2.29. The largest absolute Gasteiger partial charge is 0.365 e. The van der Waals surface area contributed by atoms with E-state index in [9.17, 15) is 0 Å². The summed E-state index contributed by atoms with van der Waals surface area (Å²) in [6.45, 7) is 4.73. The van der Waals surface area contributed by atoms with Crippen LogP contribution in [0.2, 0.25) is 5.02 Å². The van der Waals surface area contributed by atoms with Crippen LogP contribution in [-0.2, 0) is 0 Å². The van der Waals surface area contributed by atoms with E-state index in [0.29, 0.717) is 6.04 Å². The number of halogens is 1. The predicted octanol–water partition coefficient (Wildman–Crippen LogP) is 3.69. The minimum atomic E-state index is 0.638. The molecule has 2 aliphatic heterocycles. The van der Waals surface area contributed by atoms with E-state index >= 15 is 0 Å². The van der Waals surface area contributed by atoms with Crippen LogP contribution in [0.5, 0.6) is 0 Å². The summed E-state index contributed by atoms with van der Waals surface area (Å²) in [5.74, 6) is 0. The van der Waals surface area contributed by atoms with Gasteiger partial charge in [0, 0.05) is 42.5 Å². The zero-order valence-electron chi connectivity index (χ0n) is 12.6. The Kier molecular flexibility index (Phi) is 3.77. The van der Waals surface area contributed by atoms with Gasteiger partial charge in [0.1, 0.15) is 0 Å². The fourth-order valence-electron chi connectivity index (χ4n) is 3.67. The molecule has 2 aliphatic rings. The first-order valence-corrected chi connectivity index (χ1v) is 8.37. The van der Waals surface area contributed by atoms with Crippen molar-refractivity contribution in [2.45, 2.75) is 18.9 Å². The van der Waals surface area contributed by atoms with Gasteiger partial charge in [-0.1, -0.05) is 23.7 Å². The van der Waals surface area contributed by atoms with Gasteiger partial charge in [0.15, 0.2) is 0 Å². The predicted molar refractivity (Wildman–Crippen MR) is 91.5 cm³/mol. The summed E-state index contributed by atoms with van der Waals surface area (Å²) in [5, 5.41) is 0.767. The van der Waals surface area contributed by atoms with E-state index in [2.05, 4.69) is 26.9 Å². The third kappa shape index (κ3) is 2.71. The maximum absolute atomic E-state index is 6.12. The van der Waals surface area contributed by atoms with Crippen LogP contribution in [0, 0.1) is 0 Å². The number of piperazine rings is 1. The molecular weight excluding hydrogens is 294 g/mol. The fourth-order valence-corrected chi connectivity index (χ4v) is 3.86. The highest BCUT2D eigenvalue weighted by molar-refractivity contribution is 6.30. The highest BCUT2D eigenvalue weighted by atomic mass is 35.5. The van der Waals surface area contributed by atoms with Gasteiger partial charge in [0.2, 0.25) is 0 Å². The number of benzene rings is 1. The molecule has 114 valence electrons. The van der Waals surface area contributed by atoms with Crippen molar-refractivity contribution < 1.29 is 0 Å². The normalized spacial score (nSPS) is 24.3. The Bertz CT molecular complexity index is 673. The van der Waals surface area contributed by atoms with Crippen molar-refractivity contribution in [1.29, 1.82) is 0 Å². The maximum atomic E-state index is 6.12. The number of fused-ring (bicyclic) bond motifs is 2. The van der Waals surface area contributed by atoms with Gasteiger partial charge in [-0.2, -0.15) is 0 Å². The van der Waals surface area contributed by atoms with E-state index in [4.69, 9.17) is 11.6 Å². The Morgan fingerprint density at radius 2 is 2.00 bits per heavy atom. The topological polar surface area (TPSA) is 19.4 Å². The van der Waals surface area contributed by atoms with Crippen LogP contribution in [0.15, 0.2) is 42.7 Å². The van der Waals surface area contributed by atoms with Crippen molar-refractivity contribution in [3.8, 4) is 11.1 Å². The lowest BCUT2D eigenvalue weighted by molar-refractivity contribution is 0.174. The molecule has 2 fully saturated rings. The summed E-state index contributed by atoms with van der Waals surface area (Å²) in [5.41, 5.74) is 3.51. The molecule has 0 aliphatic carbocycles. The smallest absolute Gasteiger partial charge is 0.0562 e. The summed E-state index contributed by atoms with van der Waals surface area (Å²) in [6.07, 6.45) is 6.52. The average molecular weight is 314 g/mol. The summed E-state index contributed by atoms with van der Waals surface area (Å²) in [7, 11) is 0. The lowest BCUT2D eigenvalue weighted by Gasteiger charge is -2.46. The van der Waals surface area contributed by atoms with Crippen molar-refractivity contribution in [3.05, 3.63) is 47.7 Å². The standard InChI is InChI=1S/C18H20ClN3/c19-16-4-1-3-14(9-16)15-10-18(12-20-11-15)22-8-7-21-6-2-5-17(22)13-21/h1,3-4,9-12,17H,2,5-8,13H2. The first-order valence-electron chi connectivity index (χ1n) is 7.99. The second kappa shape index (κ2) is 5.90. The minimum Gasteiger partial charge on any atom is -0.365 e. The van der Waals surface area contributed by atoms with Gasteiger partial charge in [-0.3, -0.25) is 9.88 Å². The molecular formula is C18H20ClN3. The molecule has 1 aromatic carbocycles. The van der Waals surface area contributed by atoms with E-state index in [1.165, 1.54) is 31.6 Å². The Morgan fingerprint density at radius 3 is 2.91 bits per heavy atom. The zero-order chi connectivity index (χ0) is 14.9. The van der Waals surface area contributed by atoms with Crippen LogP contribution in [0.3, 0.4) is 0 Å². The summed E-state index contributed by atoms with van der Waals surface area (Å²) in [4.78, 5) is 9.59. The number of nitrogens with zero attached hydrogens (tertiary/aromatic N) is 3. The monoisotopic (exact) mass is 313 g/mol. The second-order valence-corrected chi connectivity index (χ2v) is 6.67. The molecule has 4 rings (SSSR count). The number of hydrogen-bond acceptors (Lipinski definition) is 3. The van der Waals surface area contributed by atoms with E-state index in [0.717, 1.165) is 29.2 Å². The van der Waals surface area contributed by atoms with Gasteiger partial charge in [-0.05, 0) is 43.1 Å². The van der Waals surface area contributed by atoms with Crippen LogP contribution in [-0.4, -0.2) is 42.1 Å². The Morgan fingerprint density at radius 1 is 1.05 bits per heavy atom. The Labute approximate surface area is 136 Å². The number of hydrogen-bond donors (Lipinski definition) is 0. The number of rotatable bonds is 2. The van der Waals surface area contributed by atoms with E-state index in [1.807, 2.05) is 30.6 Å². The van der Waals surface area contributed by atoms with E-state index in [1.54, 1.807) is 0 Å².